The molecule has 0 radical (unpaired) electrons. The van der Waals surface area contributed by atoms with Crippen LogP contribution in [0.15, 0.2) is 225 Å². The molecule has 0 aliphatic rings. The van der Waals surface area contributed by atoms with E-state index < -0.39 is 17.5 Å². The van der Waals surface area contributed by atoms with E-state index in [-0.39, 0.29) is 52.8 Å². The van der Waals surface area contributed by atoms with Crippen LogP contribution in [0.25, 0.3) is 0 Å². The standard InChI is InChI=1S/C25H24FN7O2.C25H28FN5O2.C21H19FN4O/c1-2-23(34)29-18-6-3-7-19(14-18)30-24-22(26)16-28-25(32-24)31-20-8-4-9-21(15-20)35-13-5-11-33-12-10-27-17-33;1-17(2)13-23(32)18-7-5-8-19(14-18)28-24-22(26)16-27-25(30-24)29-20-9-6-10-21(15-20)33-12-11-31(3)4;1-14(2)12-19(27)15-8-10-17(11-9-15)24-20-18(22)13-23-21(26-20)25-16-6-4-3-5-7-16/h2-4,6-10,12,14-17H,1,5,11,13H2,(H,29,34)(H2,28,30,31,32);5-10,13-16H,11-12H2,1-4H3,(H2,27,28,29,30);3-13H,1-2H3,(H2,23,24,25,26). The van der Waals surface area contributed by atoms with Gasteiger partial charge in [-0.25, -0.2) is 33.1 Å². The van der Waals surface area contributed by atoms with Crippen molar-refractivity contribution in [1.29, 1.82) is 0 Å². The lowest BCUT2D eigenvalue weighted by Crippen LogP contribution is -2.19. The number of amides is 1. The van der Waals surface area contributed by atoms with Crippen molar-refractivity contribution in [3.63, 3.8) is 0 Å². The summed E-state index contributed by atoms with van der Waals surface area (Å²) >= 11 is 0. The number of anilines is 13. The van der Waals surface area contributed by atoms with E-state index in [0.717, 1.165) is 54.9 Å². The van der Waals surface area contributed by atoms with E-state index >= 15 is 0 Å². The molecular formula is C71H71F3N16O5. The lowest BCUT2D eigenvalue weighted by molar-refractivity contribution is -0.111. The summed E-state index contributed by atoms with van der Waals surface area (Å²) in [6, 6.07) is 44.6. The molecule has 24 heteroatoms. The molecule has 0 saturated heterocycles. The molecule has 0 atom stereocenters. The maximum absolute atomic E-state index is 14.4. The fraction of sp³-hybridized carbons (Fsp3) is 0.155. The first-order valence-corrected chi connectivity index (χ1v) is 29.8. The van der Waals surface area contributed by atoms with Gasteiger partial charge in [-0.2, -0.15) is 15.0 Å². The molecule has 486 valence electrons. The fourth-order valence-electron chi connectivity index (χ4n) is 8.42. The number of nitrogens with one attached hydrogen (secondary N) is 7. The molecule has 0 fully saturated rings. The van der Waals surface area contributed by atoms with Gasteiger partial charge in [0.15, 0.2) is 46.5 Å². The predicted molar refractivity (Wildman–Crippen MR) is 367 cm³/mol. The zero-order valence-electron chi connectivity index (χ0n) is 53.1. The molecular weight excluding hydrogens is 1210 g/mol. The molecule has 21 nitrogen and oxygen atoms in total. The van der Waals surface area contributed by atoms with Gasteiger partial charge in [0.1, 0.15) is 18.1 Å². The number of hydrogen-bond donors (Lipinski definition) is 7. The number of aryl methyl sites for hydroxylation is 1. The highest BCUT2D eigenvalue weighted by atomic mass is 19.1. The third kappa shape index (κ3) is 23.0. The van der Waals surface area contributed by atoms with Gasteiger partial charge in [-0.05, 0) is 157 Å². The topological polar surface area (TPSA) is 252 Å². The van der Waals surface area contributed by atoms with Crippen LogP contribution in [0, 0.1) is 17.5 Å². The van der Waals surface area contributed by atoms with Crippen LogP contribution in [-0.4, -0.2) is 95.7 Å². The molecule has 6 aromatic carbocycles. The largest absolute Gasteiger partial charge is 0.493 e. The van der Waals surface area contributed by atoms with Gasteiger partial charge in [-0.3, -0.25) is 14.4 Å². The van der Waals surface area contributed by atoms with Crippen LogP contribution >= 0.6 is 0 Å². The molecule has 0 spiro atoms. The van der Waals surface area contributed by atoms with Gasteiger partial charge in [0, 0.05) is 88.6 Å². The van der Waals surface area contributed by atoms with Crippen molar-refractivity contribution in [2.24, 2.45) is 0 Å². The smallest absolute Gasteiger partial charge is 0.247 e. The van der Waals surface area contributed by atoms with Crippen LogP contribution in [0.1, 0.15) is 54.8 Å². The second-order valence-corrected chi connectivity index (χ2v) is 21.6. The van der Waals surface area contributed by atoms with E-state index in [4.69, 9.17) is 9.47 Å². The molecule has 0 saturated carbocycles. The number of nitrogens with zero attached hydrogens (tertiary/aromatic N) is 9. The Morgan fingerprint density at radius 3 is 1.48 bits per heavy atom. The van der Waals surface area contributed by atoms with E-state index in [9.17, 15) is 27.6 Å². The molecule has 0 bridgehead atoms. The first kappa shape index (κ1) is 68.9. The number of hydrogen-bond acceptors (Lipinski definition) is 19. The number of carbonyl (C=O) groups excluding carboxylic acids is 3. The van der Waals surface area contributed by atoms with Gasteiger partial charge >= 0.3 is 0 Å². The van der Waals surface area contributed by atoms with Gasteiger partial charge < -0.3 is 56.2 Å². The summed E-state index contributed by atoms with van der Waals surface area (Å²) in [5, 5.41) is 20.6. The second kappa shape index (κ2) is 35.0. The molecule has 4 heterocycles. The average molecular weight is 1290 g/mol. The molecule has 95 heavy (non-hydrogen) atoms. The number of rotatable bonds is 27. The molecule has 10 rings (SSSR count). The average Bonchev–Trinajstić information content (AvgIpc) is 2.54. The summed E-state index contributed by atoms with van der Waals surface area (Å²) in [6.07, 6.45) is 13.8. The van der Waals surface area contributed by atoms with Crippen molar-refractivity contribution in [3.8, 4) is 11.5 Å². The Morgan fingerprint density at radius 1 is 0.516 bits per heavy atom. The van der Waals surface area contributed by atoms with Crippen LogP contribution in [0.3, 0.4) is 0 Å². The maximum Gasteiger partial charge on any atom is 0.247 e. The van der Waals surface area contributed by atoms with Crippen molar-refractivity contribution in [2.45, 2.75) is 40.7 Å². The Bertz CT molecular complexity index is 4260. The number of ketones is 2. The zero-order valence-corrected chi connectivity index (χ0v) is 53.1. The highest BCUT2D eigenvalue weighted by Crippen LogP contribution is 2.28. The summed E-state index contributed by atoms with van der Waals surface area (Å²) in [5.41, 5.74) is 7.36. The van der Waals surface area contributed by atoms with Crippen LogP contribution < -0.4 is 46.7 Å². The Labute approximate surface area is 548 Å². The van der Waals surface area contributed by atoms with Gasteiger partial charge in [0.05, 0.1) is 31.5 Å². The Kier molecular flexibility index (Phi) is 25.3. The fourth-order valence-corrected chi connectivity index (χ4v) is 8.42. The number of imidazole rings is 1. The zero-order chi connectivity index (χ0) is 67.5. The monoisotopic (exact) mass is 1280 g/mol. The first-order valence-electron chi connectivity index (χ1n) is 29.8. The molecule has 1 amide bonds. The first-order chi connectivity index (χ1) is 45.9. The van der Waals surface area contributed by atoms with E-state index in [2.05, 4.69) is 78.7 Å². The van der Waals surface area contributed by atoms with Gasteiger partial charge in [-0.1, -0.05) is 66.3 Å². The number of benzene rings is 6. The summed E-state index contributed by atoms with van der Waals surface area (Å²) in [4.78, 5) is 66.5. The molecule has 0 aliphatic carbocycles. The highest BCUT2D eigenvalue weighted by Gasteiger charge is 2.14. The lowest BCUT2D eigenvalue weighted by Gasteiger charge is -2.13. The van der Waals surface area contributed by atoms with E-state index in [1.807, 2.05) is 136 Å². The molecule has 0 aliphatic heterocycles. The quantitative estimate of drug-likeness (QED) is 0.0144. The van der Waals surface area contributed by atoms with E-state index in [1.165, 1.54) is 6.08 Å². The summed E-state index contributed by atoms with van der Waals surface area (Å²) in [5.74, 6) is -0.173. The number of para-hydroxylation sites is 1. The van der Waals surface area contributed by atoms with E-state index in [0.29, 0.717) is 70.0 Å². The SMILES string of the molecule is C=CC(=O)Nc1cccc(Nc2nc(Nc3cccc(OCCCn4ccnc4)c3)ncc2F)c1.CC(C)=CC(=O)c1ccc(Nc2nc(Nc3ccccc3)ncc2F)cc1.CC(C)=CC(=O)c1cccc(Nc2nc(Nc3cccc(OCCN(C)C)c3)ncc2F)c1. The summed E-state index contributed by atoms with van der Waals surface area (Å²) in [6.45, 7) is 13.6. The minimum absolute atomic E-state index is 0.00213. The maximum atomic E-state index is 14.4. The van der Waals surface area contributed by atoms with Crippen LogP contribution in [0.5, 0.6) is 11.5 Å². The van der Waals surface area contributed by atoms with E-state index in [1.54, 1.807) is 97.5 Å². The number of carbonyl (C=O) groups is 3. The summed E-state index contributed by atoms with van der Waals surface area (Å²) in [7, 11) is 3.96. The molecule has 7 N–H and O–H groups in total. The Morgan fingerprint density at radius 2 is 0.968 bits per heavy atom. The van der Waals surface area contributed by atoms with Crippen molar-refractivity contribution in [1.82, 2.24) is 44.4 Å². The predicted octanol–water partition coefficient (Wildman–Crippen LogP) is 15.3. The Hall–Kier alpha value is -12.1. The number of halogens is 3. The van der Waals surface area contributed by atoms with Crippen molar-refractivity contribution >= 4 is 92.6 Å². The van der Waals surface area contributed by atoms with Gasteiger partial charge in [0.25, 0.3) is 0 Å². The lowest BCUT2D eigenvalue weighted by atomic mass is 10.1. The normalized spacial score (nSPS) is 10.4. The third-order valence-corrected chi connectivity index (χ3v) is 12.9. The highest BCUT2D eigenvalue weighted by molar-refractivity contribution is 6.06. The van der Waals surface area contributed by atoms with Crippen molar-refractivity contribution in [3.05, 3.63) is 254 Å². The number of ether oxygens (including phenoxy) is 2. The van der Waals surface area contributed by atoms with Crippen LogP contribution in [0.2, 0.25) is 0 Å². The third-order valence-electron chi connectivity index (χ3n) is 12.9. The minimum atomic E-state index is -0.619. The van der Waals surface area contributed by atoms with Crippen molar-refractivity contribution in [2.75, 3.05) is 71.1 Å². The second-order valence-electron chi connectivity index (χ2n) is 21.6. The summed E-state index contributed by atoms with van der Waals surface area (Å²) < 4.78 is 56.4. The molecule has 10 aromatic rings. The molecule has 0 unspecified atom stereocenters. The Balaban J connectivity index is 0.000000184. The van der Waals surface area contributed by atoms with Crippen LogP contribution in [0.4, 0.5) is 88.3 Å². The van der Waals surface area contributed by atoms with Crippen LogP contribution in [-0.2, 0) is 11.3 Å². The number of likely N-dealkylation sites (N-methyl/N-ethyl adjacent to an activating group) is 1. The number of aromatic nitrogens is 8. The number of allylic oxidation sites excluding steroid dienone is 4. The molecule has 4 aromatic heterocycles. The minimum Gasteiger partial charge on any atom is -0.493 e. The van der Waals surface area contributed by atoms with Gasteiger partial charge in [-0.15, -0.1) is 0 Å². The van der Waals surface area contributed by atoms with Gasteiger partial charge in [0.2, 0.25) is 23.8 Å². The van der Waals surface area contributed by atoms with Crippen molar-refractivity contribution < 1.29 is 37.0 Å².